The molecule has 0 aliphatic rings. The van der Waals surface area contributed by atoms with Gasteiger partial charge >= 0.3 is 0 Å². The van der Waals surface area contributed by atoms with Crippen LogP contribution in [0.15, 0.2) is 41.9 Å². The van der Waals surface area contributed by atoms with Gasteiger partial charge in [0, 0.05) is 31.6 Å². The molecule has 1 aromatic heterocycles. The standard InChI is InChI=1S/C16H20N2O2S/c1-16(20,13-6-4-3-5-7-13)12-15(19)18(2)10-8-14-17-9-11-21-14/h3-7,9,11,20H,8,10,12H2,1-2H3. The lowest BCUT2D eigenvalue weighted by molar-refractivity contribution is -0.134. The number of amides is 1. The lowest BCUT2D eigenvalue weighted by atomic mass is 9.92. The van der Waals surface area contributed by atoms with Crippen molar-refractivity contribution in [1.29, 1.82) is 0 Å². The molecule has 2 aromatic rings. The van der Waals surface area contributed by atoms with E-state index in [4.69, 9.17) is 0 Å². The molecule has 5 heteroatoms. The Morgan fingerprint density at radius 2 is 2.10 bits per heavy atom. The minimum atomic E-state index is -1.15. The summed E-state index contributed by atoms with van der Waals surface area (Å²) in [4.78, 5) is 18.1. The maximum absolute atomic E-state index is 12.2. The molecule has 0 spiro atoms. The van der Waals surface area contributed by atoms with Crippen LogP contribution in [0.4, 0.5) is 0 Å². The third-order valence-electron chi connectivity index (χ3n) is 3.46. The largest absolute Gasteiger partial charge is 0.385 e. The van der Waals surface area contributed by atoms with Crippen LogP contribution in [0.2, 0.25) is 0 Å². The topological polar surface area (TPSA) is 53.4 Å². The van der Waals surface area contributed by atoms with Gasteiger partial charge in [0.2, 0.25) is 5.91 Å². The lowest BCUT2D eigenvalue weighted by Crippen LogP contribution is -2.35. The Hall–Kier alpha value is -1.72. The average molecular weight is 304 g/mol. The molecule has 4 nitrogen and oxygen atoms in total. The molecule has 0 aliphatic carbocycles. The third kappa shape index (κ3) is 4.37. The van der Waals surface area contributed by atoms with E-state index in [-0.39, 0.29) is 12.3 Å². The number of hydrogen-bond donors (Lipinski definition) is 1. The van der Waals surface area contributed by atoms with E-state index < -0.39 is 5.60 Å². The summed E-state index contributed by atoms with van der Waals surface area (Å²) in [5, 5.41) is 13.4. The van der Waals surface area contributed by atoms with Gasteiger partial charge in [0.25, 0.3) is 0 Å². The first-order valence-corrected chi connectivity index (χ1v) is 7.77. The molecule has 21 heavy (non-hydrogen) atoms. The summed E-state index contributed by atoms with van der Waals surface area (Å²) in [6.45, 7) is 2.28. The number of thiazole rings is 1. The van der Waals surface area contributed by atoms with Crippen molar-refractivity contribution < 1.29 is 9.90 Å². The van der Waals surface area contributed by atoms with Crippen LogP contribution >= 0.6 is 11.3 Å². The molecule has 112 valence electrons. The summed E-state index contributed by atoms with van der Waals surface area (Å²) in [5.74, 6) is -0.0691. The number of aliphatic hydroxyl groups is 1. The molecule has 0 saturated heterocycles. The highest BCUT2D eigenvalue weighted by atomic mass is 32.1. The summed E-state index contributed by atoms with van der Waals surface area (Å²) in [6, 6.07) is 9.29. The van der Waals surface area contributed by atoms with E-state index in [1.807, 2.05) is 35.7 Å². The zero-order valence-corrected chi connectivity index (χ0v) is 13.1. The van der Waals surface area contributed by atoms with Crippen LogP contribution in [0.3, 0.4) is 0 Å². The van der Waals surface area contributed by atoms with Crippen molar-refractivity contribution in [1.82, 2.24) is 9.88 Å². The molecule has 1 aromatic carbocycles. The predicted octanol–water partition coefficient (Wildman–Crippen LogP) is 2.44. The van der Waals surface area contributed by atoms with Crippen LogP contribution < -0.4 is 0 Å². The summed E-state index contributed by atoms with van der Waals surface area (Å²) < 4.78 is 0. The molecule has 0 fully saturated rings. The van der Waals surface area contributed by atoms with E-state index >= 15 is 0 Å². The van der Waals surface area contributed by atoms with Gasteiger partial charge in [-0.1, -0.05) is 30.3 Å². The lowest BCUT2D eigenvalue weighted by Gasteiger charge is -2.26. The van der Waals surface area contributed by atoms with E-state index in [9.17, 15) is 9.90 Å². The normalized spacial score (nSPS) is 13.7. The number of hydrogen-bond acceptors (Lipinski definition) is 4. The fourth-order valence-corrected chi connectivity index (χ4v) is 2.70. The van der Waals surface area contributed by atoms with Gasteiger partial charge < -0.3 is 10.0 Å². The van der Waals surface area contributed by atoms with Crippen LogP contribution in [0.5, 0.6) is 0 Å². The average Bonchev–Trinajstić information content (AvgIpc) is 2.98. The number of rotatable bonds is 6. The number of carbonyl (C=O) groups excluding carboxylic acids is 1. The minimum Gasteiger partial charge on any atom is -0.385 e. The molecule has 0 bridgehead atoms. The van der Waals surface area contributed by atoms with Gasteiger partial charge in [0.05, 0.1) is 17.0 Å². The first kappa shape index (κ1) is 15.7. The third-order valence-corrected chi connectivity index (χ3v) is 4.30. The van der Waals surface area contributed by atoms with Gasteiger partial charge in [-0.3, -0.25) is 4.79 Å². The van der Waals surface area contributed by atoms with Crippen LogP contribution in [-0.2, 0) is 16.8 Å². The van der Waals surface area contributed by atoms with Crippen molar-refractivity contribution in [2.45, 2.75) is 25.4 Å². The molecule has 1 unspecified atom stereocenters. The van der Waals surface area contributed by atoms with Gasteiger partial charge in [0.1, 0.15) is 0 Å². The van der Waals surface area contributed by atoms with Crippen molar-refractivity contribution >= 4 is 17.2 Å². The predicted molar refractivity (Wildman–Crippen MR) is 84.1 cm³/mol. The second kappa shape index (κ2) is 6.83. The van der Waals surface area contributed by atoms with Gasteiger partial charge in [-0.15, -0.1) is 11.3 Å². The number of likely N-dealkylation sites (N-methyl/N-ethyl adjacent to an activating group) is 1. The van der Waals surface area contributed by atoms with E-state index in [1.165, 1.54) is 0 Å². The van der Waals surface area contributed by atoms with Crippen LogP contribution in [0.25, 0.3) is 0 Å². The fraction of sp³-hybridized carbons (Fsp3) is 0.375. The second-order valence-electron chi connectivity index (χ2n) is 5.31. The zero-order valence-electron chi connectivity index (χ0n) is 12.3. The van der Waals surface area contributed by atoms with E-state index in [0.29, 0.717) is 6.54 Å². The first-order chi connectivity index (χ1) is 9.99. The Bertz CT molecular complexity index is 567. The summed E-state index contributed by atoms with van der Waals surface area (Å²) in [7, 11) is 1.76. The maximum atomic E-state index is 12.2. The number of benzene rings is 1. The number of carbonyl (C=O) groups is 1. The van der Waals surface area contributed by atoms with Crippen LogP contribution in [-0.4, -0.2) is 34.5 Å². The summed E-state index contributed by atoms with van der Waals surface area (Å²) in [5.41, 5.74) is -0.389. The van der Waals surface area contributed by atoms with Gasteiger partial charge in [-0.2, -0.15) is 0 Å². The molecule has 1 amide bonds. The molecule has 0 radical (unpaired) electrons. The smallest absolute Gasteiger partial charge is 0.225 e. The van der Waals surface area contributed by atoms with Crippen molar-refractivity contribution in [3.8, 4) is 0 Å². The van der Waals surface area contributed by atoms with E-state index in [1.54, 1.807) is 36.4 Å². The Labute approximate surface area is 129 Å². The van der Waals surface area contributed by atoms with Gasteiger partial charge in [-0.05, 0) is 12.5 Å². The highest BCUT2D eigenvalue weighted by molar-refractivity contribution is 7.09. The summed E-state index contributed by atoms with van der Waals surface area (Å²) >= 11 is 1.59. The summed E-state index contributed by atoms with van der Waals surface area (Å²) in [6.07, 6.45) is 2.58. The van der Waals surface area contributed by atoms with Gasteiger partial charge in [0.15, 0.2) is 0 Å². The minimum absolute atomic E-state index is 0.0691. The fourth-order valence-electron chi connectivity index (χ4n) is 2.09. The molecule has 0 saturated carbocycles. The van der Waals surface area contributed by atoms with E-state index in [0.717, 1.165) is 17.0 Å². The highest BCUT2D eigenvalue weighted by Gasteiger charge is 2.27. The van der Waals surface area contributed by atoms with Gasteiger partial charge in [-0.25, -0.2) is 4.98 Å². The molecular formula is C16H20N2O2S. The Morgan fingerprint density at radius 1 is 1.38 bits per heavy atom. The Morgan fingerprint density at radius 3 is 2.71 bits per heavy atom. The quantitative estimate of drug-likeness (QED) is 0.892. The molecule has 1 heterocycles. The molecule has 1 N–H and O–H groups in total. The monoisotopic (exact) mass is 304 g/mol. The second-order valence-corrected chi connectivity index (χ2v) is 6.29. The molecule has 2 rings (SSSR count). The molecular weight excluding hydrogens is 284 g/mol. The Kier molecular flexibility index (Phi) is 5.09. The molecule has 0 aliphatic heterocycles. The SMILES string of the molecule is CN(CCc1nccs1)C(=O)CC(C)(O)c1ccccc1. The van der Waals surface area contributed by atoms with Crippen LogP contribution in [0, 0.1) is 0 Å². The van der Waals surface area contributed by atoms with Crippen LogP contribution in [0.1, 0.15) is 23.9 Å². The van der Waals surface area contributed by atoms with Crippen molar-refractivity contribution in [2.75, 3.05) is 13.6 Å². The Balaban J connectivity index is 1.90. The van der Waals surface area contributed by atoms with E-state index in [2.05, 4.69) is 4.98 Å². The number of aromatic nitrogens is 1. The maximum Gasteiger partial charge on any atom is 0.225 e. The first-order valence-electron chi connectivity index (χ1n) is 6.89. The van der Waals surface area contributed by atoms with Crippen molar-refractivity contribution in [3.63, 3.8) is 0 Å². The van der Waals surface area contributed by atoms with Crippen molar-refractivity contribution in [3.05, 3.63) is 52.5 Å². The zero-order chi connectivity index (χ0) is 15.3. The molecule has 1 atom stereocenters. The van der Waals surface area contributed by atoms with Crippen molar-refractivity contribution in [2.24, 2.45) is 0 Å². The number of nitrogens with zero attached hydrogens (tertiary/aromatic N) is 2. The highest BCUT2D eigenvalue weighted by Crippen LogP contribution is 2.24.